The Balaban J connectivity index is 2.16. The van der Waals surface area contributed by atoms with Gasteiger partial charge < -0.3 is 0 Å². The van der Waals surface area contributed by atoms with E-state index < -0.39 is 11.7 Å². The zero-order chi connectivity index (χ0) is 16.5. The largest absolute Gasteiger partial charge is 0.416 e. The number of hydrogen-bond acceptors (Lipinski definition) is 4. The summed E-state index contributed by atoms with van der Waals surface area (Å²) in [6.45, 7) is 7.86. The van der Waals surface area contributed by atoms with Gasteiger partial charge in [-0.05, 0) is 55.8 Å². The molecule has 0 N–H and O–H groups in total. The first kappa shape index (κ1) is 16.8. The molecule has 1 heterocycles. The lowest BCUT2D eigenvalue weighted by Crippen LogP contribution is -2.24. The van der Waals surface area contributed by atoms with Crippen LogP contribution < -0.4 is 0 Å². The van der Waals surface area contributed by atoms with Gasteiger partial charge in [0.05, 0.1) is 11.1 Å². The third-order valence-corrected chi connectivity index (χ3v) is 4.16. The van der Waals surface area contributed by atoms with Crippen molar-refractivity contribution in [3.8, 4) is 0 Å². The predicted molar refractivity (Wildman–Crippen MR) is 78.5 cm³/mol. The van der Waals surface area contributed by atoms with E-state index >= 15 is 0 Å². The topological polar surface area (TPSA) is 43.6 Å². The van der Waals surface area contributed by atoms with Crippen LogP contribution in [0.3, 0.4) is 0 Å². The van der Waals surface area contributed by atoms with Crippen molar-refractivity contribution in [3.63, 3.8) is 0 Å². The molecule has 8 heteroatoms. The van der Waals surface area contributed by atoms with E-state index in [2.05, 4.69) is 15.5 Å². The minimum Gasteiger partial charge on any atom is -0.215 e. The Morgan fingerprint density at radius 2 is 1.68 bits per heavy atom. The zero-order valence-electron chi connectivity index (χ0n) is 12.7. The van der Waals surface area contributed by atoms with E-state index in [-0.39, 0.29) is 10.8 Å². The zero-order valence-corrected chi connectivity index (χ0v) is 13.5. The van der Waals surface area contributed by atoms with Crippen LogP contribution in [0.5, 0.6) is 0 Å². The van der Waals surface area contributed by atoms with Crippen LogP contribution in [0.25, 0.3) is 0 Å². The maximum absolute atomic E-state index is 12.6. The number of benzene rings is 1. The summed E-state index contributed by atoms with van der Waals surface area (Å²) >= 11 is 1.42. The molecule has 4 nitrogen and oxygen atoms in total. The number of rotatable bonds is 3. The first-order valence-electron chi connectivity index (χ1n) is 6.71. The third-order valence-electron chi connectivity index (χ3n) is 3.07. The normalized spacial score (nSPS) is 14.1. The van der Waals surface area contributed by atoms with Crippen LogP contribution >= 0.6 is 11.8 Å². The maximum atomic E-state index is 12.6. The molecule has 0 aliphatic carbocycles. The van der Waals surface area contributed by atoms with E-state index in [0.717, 1.165) is 17.7 Å². The average Bonchev–Trinajstić information content (AvgIpc) is 2.86. The maximum Gasteiger partial charge on any atom is 0.416 e. The van der Waals surface area contributed by atoms with Gasteiger partial charge in [-0.2, -0.15) is 13.2 Å². The second kappa shape index (κ2) is 5.91. The summed E-state index contributed by atoms with van der Waals surface area (Å²) in [5, 5.41) is 12.2. The molecule has 120 valence electrons. The molecule has 1 atom stereocenters. The first-order valence-corrected chi connectivity index (χ1v) is 7.59. The number of aromatic nitrogens is 4. The van der Waals surface area contributed by atoms with Crippen LogP contribution in [0.15, 0.2) is 29.4 Å². The Morgan fingerprint density at radius 1 is 1.09 bits per heavy atom. The molecule has 0 aliphatic heterocycles. The lowest BCUT2D eigenvalue weighted by molar-refractivity contribution is -0.137. The van der Waals surface area contributed by atoms with Crippen molar-refractivity contribution in [2.24, 2.45) is 0 Å². The lowest BCUT2D eigenvalue weighted by atomic mass is 10.1. The summed E-state index contributed by atoms with van der Waals surface area (Å²) in [7, 11) is 0. The fourth-order valence-electron chi connectivity index (χ4n) is 1.84. The van der Waals surface area contributed by atoms with Gasteiger partial charge in [-0.3, -0.25) is 0 Å². The molecule has 0 spiro atoms. The summed E-state index contributed by atoms with van der Waals surface area (Å²) in [4.78, 5) is 0. The van der Waals surface area contributed by atoms with E-state index in [1.54, 1.807) is 4.68 Å². The molecule has 0 bridgehead atoms. The van der Waals surface area contributed by atoms with Crippen LogP contribution in [0.4, 0.5) is 13.2 Å². The van der Waals surface area contributed by atoms with Gasteiger partial charge in [0, 0.05) is 5.25 Å². The molecule has 0 amide bonds. The Bertz CT molecular complexity index is 629. The highest BCUT2D eigenvalue weighted by Crippen LogP contribution is 2.36. The van der Waals surface area contributed by atoms with Crippen LogP contribution in [0.2, 0.25) is 0 Å². The fraction of sp³-hybridized carbons (Fsp3) is 0.500. The van der Waals surface area contributed by atoms with Crippen molar-refractivity contribution in [3.05, 3.63) is 35.4 Å². The molecule has 2 aromatic rings. The van der Waals surface area contributed by atoms with Gasteiger partial charge in [0.15, 0.2) is 0 Å². The number of halogens is 3. The van der Waals surface area contributed by atoms with Gasteiger partial charge in [0.25, 0.3) is 0 Å². The molecular weight excluding hydrogens is 313 g/mol. The molecule has 1 unspecified atom stereocenters. The molecule has 1 aromatic heterocycles. The molecule has 0 radical (unpaired) electrons. The van der Waals surface area contributed by atoms with Crippen molar-refractivity contribution in [1.82, 2.24) is 20.2 Å². The molecule has 0 fully saturated rings. The minimum absolute atomic E-state index is 0.0608. The standard InChI is InChI=1S/C14H17F3N4S/c1-9(10-5-7-11(8-6-10)14(15,16)17)22-12-18-19-20-21(12)13(2,3)4/h5-9H,1-4H3. The Hall–Kier alpha value is -1.57. The number of thioether (sulfide) groups is 1. The highest BCUT2D eigenvalue weighted by Gasteiger charge is 2.30. The second-order valence-corrected chi connectivity index (χ2v) is 7.23. The van der Waals surface area contributed by atoms with Crippen molar-refractivity contribution in [2.75, 3.05) is 0 Å². The number of alkyl halides is 3. The Labute approximate surface area is 131 Å². The first-order chi connectivity index (χ1) is 10.1. The van der Waals surface area contributed by atoms with E-state index in [9.17, 15) is 13.2 Å². The van der Waals surface area contributed by atoms with Gasteiger partial charge in [-0.25, -0.2) is 4.68 Å². The molecular formula is C14H17F3N4S. The van der Waals surface area contributed by atoms with Crippen LogP contribution in [0.1, 0.15) is 44.1 Å². The van der Waals surface area contributed by atoms with Gasteiger partial charge in [0.2, 0.25) is 5.16 Å². The smallest absolute Gasteiger partial charge is 0.215 e. The average molecular weight is 330 g/mol. The van der Waals surface area contributed by atoms with Crippen LogP contribution in [-0.2, 0) is 11.7 Å². The molecule has 2 rings (SSSR count). The number of nitrogens with zero attached hydrogens (tertiary/aromatic N) is 4. The summed E-state index contributed by atoms with van der Waals surface area (Å²) in [6, 6.07) is 5.18. The van der Waals surface area contributed by atoms with Crippen LogP contribution in [-0.4, -0.2) is 20.2 Å². The predicted octanol–water partition coefficient (Wildman–Crippen LogP) is 4.30. The van der Waals surface area contributed by atoms with E-state index in [1.807, 2.05) is 27.7 Å². The summed E-state index contributed by atoms with van der Waals surface area (Å²) in [6.07, 6.45) is -4.31. The molecule has 22 heavy (non-hydrogen) atoms. The molecule has 0 aliphatic rings. The van der Waals surface area contributed by atoms with Gasteiger partial charge in [0.1, 0.15) is 0 Å². The van der Waals surface area contributed by atoms with E-state index in [1.165, 1.54) is 23.9 Å². The fourth-order valence-corrected chi connectivity index (χ4v) is 2.95. The third kappa shape index (κ3) is 3.79. The van der Waals surface area contributed by atoms with Crippen molar-refractivity contribution < 1.29 is 13.2 Å². The van der Waals surface area contributed by atoms with Crippen molar-refractivity contribution in [1.29, 1.82) is 0 Å². The highest BCUT2D eigenvalue weighted by atomic mass is 32.2. The van der Waals surface area contributed by atoms with Crippen molar-refractivity contribution >= 4 is 11.8 Å². The minimum atomic E-state index is -4.31. The molecule has 0 saturated carbocycles. The molecule has 1 aromatic carbocycles. The highest BCUT2D eigenvalue weighted by molar-refractivity contribution is 7.99. The van der Waals surface area contributed by atoms with Crippen molar-refractivity contribution in [2.45, 2.75) is 49.8 Å². The lowest BCUT2D eigenvalue weighted by Gasteiger charge is -2.20. The van der Waals surface area contributed by atoms with Gasteiger partial charge >= 0.3 is 6.18 Å². The van der Waals surface area contributed by atoms with Gasteiger partial charge in [-0.15, -0.1) is 5.10 Å². The Morgan fingerprint density at radius 3 is 2.18 bits per heavy atom. The van der Waals surface area contributed by atoms with E-state index in [0.29, 0.717) is 5.16 Å². The number of hydrogen-bond donors (Lipinski definition) is 0. The summed E-state index contributed by atoms with van der Waals surface area (Å²) < 4.78 is 39.4. The molecule has 0 saturated heterocycles. The van der Waals surface area contributed by atoms with E-state index in [4.69, 9.17) is 0 Å². The Kier molecular flexibility index (Phi) is 4.51. The monoisotopic (exact) mass is 330 g/mol. The SMILES string of the molecule is CC(Sc1nnnn1C(C)(C)C)c1ccc(C(F)(F)F)cc1. The van der Waals surface area contributed by atoms with Gasteiger partial charge in [-0.1, -0.05) is 23.9 Å². The summed E-state index contributed by atoms with van der Waals surface area (Å²) in [5.74, 6) is 0. The quantitative estimate of drug-likeness (QED) is 0.787. The van der Waals surface area contributed by atoms with Crippen LogP contribution in [0, 0.1) is 0 Å². The summed E-state index contributed by atoms with van der Waals surface area (Å²) in [5.41, 5.74) is -0.111. The second-order valence-electron chi connectivity index (χ2n) is 5.92. The number of tetrazole rings is 1.